The lowest BCUT2D eigenvalue weighted by Gasteiger charge is -2.11. The van der Waals surface area contributed by atoms with Gasteiger partial charge in [-0.25, -0.2) is 4.79 Å². The Morgan fingerprint density at radius 3 is 2.32 bits per heavy atom. The van der Waals surface area contributed by atoms with Gasteiger partial charge in [0.25, 0.3) is 0 Å². The van der Waals surface area contributed by atoms with Gasteiger partial charge < -0.3 is 10.2 Å². The third-order valence-corrected chi connectivity index (χ3v) is 4.57. The highest BCUT2D eigenvalue weighted by Gasteiger charge is 2.21. The largest absolute Gasteiger partial charge is 0.423 e. The first-order valence-electron chi connectivity index (χ1n) is 9.20. The molecular formula is C24H20N2O2. The van der Waals surface area contributed by atoms with Gasteiger partial charge in [0.05, 0.1) is 11.8 Å². The third kappa shape index (κ3) is 4.35. The normalized spacial score (nSPS) is 15.9. The molecule has 28 heavy (non-hydrogen) atoms. The average molecular weight is 368 g/mol. The van der Waals surface area contributed by atoms with Gasteiger partial charge in [0, 0.05) is 12.5 Å². The minimum atomic E-state index is -0.398. The van der Waals surface area contributed by atoms with Gasteiger partial charge in [-0.2, -0.15) is 5.10 Å². The molecule has 0 saturated carbocycles. The molecule has 4 nitrogen and oxygen atoms in total. The van der Waals surface area contributed by atoms with Crippen LogP contribution < -0.4 is 10.2 Å². The zero-order valence-electron chi connectivity index (χ0n) is 15.3. The molecule has 0 aliphatic carbocycles. The lowest BCUT2D eigenvalue weighted by atomic mass is 9.99. The number of carbonyl (C=O) groups excluding carboxylic acids is 1. The van der Waals surface area contributed by atoms with Crippen molar-refractivity contribution in [1.82, 2.24) is 5.43 Å². The molecule has 3 aromatic carbocycles. The monoisotopic (exact) mass is 368 g/mol. The Balaban J connectivity index is 1.34. The Bertz CT molecular complexity index is 994. The van der Waals surface area contributed by atoms with Crippen LogP contribution in [0.2, 0.25) is 0 Å². The van der Waals surface area contributed by atoms with E-state index in [0.717, 1.165) is 28.8 Å². The van der Waals surface area contributed by atoms with Crippen LogP contribution in [-0.2, 0) is 4.79 Å². The second kappa shape index (κ2) is 8.35. The molecular weight excluding hydrogens is 348 g/mol. The summed E-state index contributed by atoms with van der Waals surface area (Å²) in [5.41, 5.74) is 7.43. The van der Waals surface area contributed by atoms with E-state index >= 15 is 0 Å². The van der Waals surface area contributed by atoms with Crippen LogP contribution in [0.15, 0.2) is 96.1 Å². The Labute approximate surface area is 164 Å². The first-order chi connectivity index (χ1) is 13.8. The highest BCUT2D eigenvalue weighted by Crippen LogP contribution is 2.26. The molecule has 0 spiro atoms. The number of benzene rings is 3. The molecule has 138 valence electrons. The van der Waals surface area contributed by atoms with Crippen molar-refractivity contribution in [3.05, 3.63) is 108 Å². The fraction of sp³-hybridized carbons (Fsp3) is 0.0833. The van der Waals surface area contributed by atoms with Gasteiger partial charge in [-0.1, -0.05) is 72.8 Å². The maximum absolute atomic E-state index is 12.0. The molecule has 4 heteroatoms. The Hall–Kier alpha value is -3.66. The first-order valence-corrected chi connectivity index (χ1v) is 9.20. The fourth-order valence-corrected chi connectivity index (χ4v) is 3.09. The first kappa shape index (κ1) is 17.7. The van der Waals surface area contributed by atoms with Crippen LogP contribution in [0, 0.1) is 0 Å². The second-order valence-corrected chi connectivity index (χ2v) is 6.54. The van der Waals surface area contributed by atoms with Crippen LogP contribution >= 0.6 is 0 Å². The van der Waals surface area contributed by atoms with Gasteiger partial charge in [-0.3, -0.25) is 0 Å². The molecule has 1 aliphatic rings. The van der Waals surface area contributed by atoms with Crippen LogP contribution in [0.5, 0.6) is 5.75 Å². The van der Waals surface area contributed by atoms with E-state index in [9.17, 15) is 4.79 Å². The molecule has 0 radical (unpaired) electrons. The molecule has 1 unspecified atom stereocenters. The van der Waals surface area contributed by atoms with Crippen LogP contribution in [-0.4, -0.2) is 11.7 Å². The van der Waals surface area contributed by atoms with E-state index in [4.69, 9.17) is 4.74 Å². The van der Waals surface area contributed by atoms with Gasteiger partial charge in [-0.05, 0) is 34.9 Å². The van der Waals surface area contributed by atoms with Crippen molar-refractivity contribution in [2.24, 2.45) is 5.10 Å². The maximum Gasteiger partial charge on any atom is 0.336 e. The number of nitrogens with one attached hydrogen (secondary N) is 1. The van der Waals surface area contributed by atoms with E-state index in [0.29, 0.717) is 5.75 Å². The van der Waals surface area contributed by atoms with Gasteiger partial charge >= 0.3 is 5.97 Å². The molecule has 1 N–H and O–H groups in total. The molecule has 4 rings (SSSR count). The summed E-state index contributed by atoms with van der Waals surface area (Å²) in [5.74, 6) is 0.124. The van der Waals surface area contributed by atoms with Crippen LogP contribution in [0.1, 0.15) is 29.2 Å². The molecule has 0 bridgehead atoms. The number of hydrogen-bond donors (Lipinski definition) is 1. The minimum absolute atomic E-state index is 0.123. The predicted molar refractivity (Wildman–Crippen MR) is 111 cm³/mol. The quantitative estimate of drug-likeness (QED) is 0.402. The van der Waals surface area contributed by atoms with Gasteiger partial charge in [0.2, 0.25) is 0 Å². The zero-order chi connectivity index (χ0) is 19.2. The zero-order valence-corrected chi connectivity index (χ0v) is 15.3. The molecule has 0 saturated heterocycles. The van der Waals surface area contributed by atoms with Crippen molar-refractivity contribution >= 4 is 17.8 Å². The van der Waals surface area contributed by atoms with E-state index in [2.05, 4.69) is 22.7 Å². The number of hydrogen-bond acceptors (Lipinski definition) is 4. The summed E-state index contributed by atoms with van der Waals surface area (Å²) in [6.07, 6.45) is 3.99. The summed E-state index contributed by atoms with van der Waals surface area (Å²) in [4.78, 5) is 12.0. The maximum atomic E-state index is 12.0. The molecule has 0 fully saturated rings. The minimum Gasteiger partial charge on any atom is -0.423 e. The molecule has 1 heterocycles. The standard InChI is InChI=1S/C24H20N2O2/c27-24(16-11-18-7-3-1-4-8-18)28-21-14-12-20(13-15-21)23-17-22(25-26-23)19-9-5-2-6-10-19/h1-16,23,26H,17H2/b16-11-. The summed E-state index contributed by atoms with van der Waals surface area (Å²) in [6, 6.07) is 27.5. The summed E-state index contributed by atoms with van der Waals surface area (Å²) in [7, 11) is 0. The molecule has 1 atom stereocenters. The van der Waals surface area contributed by atoms with Crippen molar-refractivity contribution in [3.63, 3.8) is 0 Å². The predicted octanol–water partition coefficient (Wildman–Crippen LogP) is 4.74. The number of ether oxygens (including phenoxy) is 1. The van der Waals surface area contributed by atoms with Crippen molar-refractivity contribution in [2.75, 3.05) is 0 Å². The fourth-order valence-electron chi connectivity index (χ4n) is 3.09. The van der Waals surface area contributed by atoms with E-state index in [1.165, 1.54) is 6.08 Å². The highest BCUT2D eigenvalue weighted by atomic mass is 16.5. The topological polar surface area (TPSA) is 50.7 Å². The van der Waals surface area contributed by atoms with E-state index in [1.807, 2.05) is 72.8 Å². The lowest BCUT2D eigenvalue weighted by molar-refractivity contribution is -0.128. The van der Waals surface area contributed by atoms with Crippen molar-refractivity contribution in [1.29, 1.82) is 0 Å². The third-order valence-electron chi connectivity index (χ3n) is 4.57. The highest BCUT2D eigenvalue weighted by molar-refractivity contribution is 6.01. The lowest BCUT2D eigenvalue weighted by Crippen LogP contribution is -2.10. The summed E-state index contributed by atoms with van der Waals surface area (Å²) < 4.78 is 5.37. The molecule has 1 aliphatic heterocycles. The van der Waals surface area contributed by atoms with Crippen LogP contribution in [0.4, 0.5) is 0 Å². The molecule has 0 aromatic heterocycles. The van der Waals surface area contributed by atoms with Gasteiger partial charge in [-0.15, -0.1) is 0 Å². The van der Waals surface area contributed by atoms with Crippen LogP contribution in [0.25, 0.3) is 6.08 Å². The number of esters is 1. The summed E-state index contributed by atoms with van der Waals surface area (Å²) in [5, 5.41) is 4.46. The van der Waals surface area contributed by atoms with Gasteiger partial charge in [0.15, 0.2) is 0 Å². The smallest absolute Gasteiger partial charge is 0.336 e. The van der Waals surface area contributed by atoms with E-state index < -0.39 is 5.97 Å². The number of carbonyl (C=O) groups is 1. The Morgan fingerprint density at radius 2 is 1.61 bits per heavy atom. The van der Waals surface area contributed by atoms with Crippen molar-refractivity contribution < 1.29 is 9.53 Å². The Kier molecular flexibility index (Phi) is 5.29. The SMILES string of the molecule is O=C(/C=C\c1ccccc1)Oc1ccc(C2CC(c3ccccc3)=NN2)cc1. The van der Waals surface area contributed by atoms with Gasteiger partial charge in [0.1, 0.15) is 5.75 Å². The van der Waals surface area contributed by atoms with Crippen molar-refractivity contribution in [2.45, 2.75) is 12.5 Å². The number of rotatable bonds is 5. The number of hydrazone groups is 1. The van der Waals surface area contributed by atoms with Crippen molar-refractivity contribution in [3.8, 4) is 5.75 Å². The average Bonchev–Trinajstić information content (AvgIpc) is 3.25. The summed E-state index contributed by atoms with van der Waals surface area (Å²) in [6.45, 7) is 0. The summed E-state index contributed by atoms with van der Waals surface area (Å²) >= 11 is 0. The molecule has 0 amide bonds. The van der Waals surface area contributed by atoms with Crippen LogP contribution in [0.3, 0.4) is 0 Å². The molecule has 3 aromatic rings. The van der Waals surface area contributed by atoms with E-state index in [1.54, 1.807) is 6.08 Å². The number of nitrogens with zero attached hydrogens (tertiary/aromatic N) is 1. The van der Waals surface area contributed by atoms with E-state index in [-0.39, 0.29) is 6.04 Å². The second-order valence-electron chi connectivity index (χ2n) is 6.54. The Morgan fingerprint density at radius 1 is 0.929 bits per heavy atom.